The van der Waals surface area contributed by atoms with Crippen LogP contribution >= 0.6 is 0 Å². The zero-order valence-electron chi connectivity index (χ0n) is 8.21. The summed E-state index contributed by atoms with van der Waals surface area (Å²) >= 11 is 0. The third-order valence-corrected chi connectivity index (χ3v) is 2.10. The van der Waals surface area contributed by atoms with Gasteiger partial charge >= 0.3 is 0 Å². The minimum absolute atomic E-state index is 0.468. The van der Waals surface area contributed by atoms with Crippen LogP contribution in [0.15, 0.2) is 41.5 Å². The maximum atomic E-state index is 9.75. The van der Waals surface area contributed by atoms with Crippen molar-refractivity contribution in [1.82, 2.24) is 9.97 Å². The molecule has 0 saturated heterocycles. The predicted octanol–water partition coefficient (Wildman–Crippen LogP) is 1.22. The summed E-state index contributed by atoms with van der Waals surface area (Å²) in [6.07, 6.45) is 5.19. The molecule has 4 nitrogen and oxygen atoms in total. The van der Waals surface area contributed by atoms with E-state index < -0.39 is 6.10 Å². The van der Waals surface area contributed by atoms with Gasteiger partial charge in [-0.2, -0.15) is 0 Å². The first-order valence-corrected chi connectivity index (χ1v) is 4.79. The van der Waals surface area contributed by atoms with Gasteiger partial charge in [0.15, 0.2) is 6.39 Å². The first kappa shape index (κ1) is 9.86. The molecule has 4 heteroatoms. The normalized spacial score (nSPS) is 12.6. The van der Waals surface area contributed by atoms with E-state index in [0.717, 1.165) is 11.4 Å². The Labute approximate surface area is 87.6 Å². The highest BCUT2D eigenvalue weighted by atomic mass is 16.3. The van der Waals surface area contributed by atoms with Crippen LogP contribution in [0.1, 0.15) is 11.4 Å². The summed E-state index contributed by atoms with van der Waals surface area (Å²) in [6, 6.07) is 5.66. The number of nitrogens with zero attached hydrogens (tertiary/aromatic N) is 2. The number of hydrogen-bond acceptors (Lipinski definition) is 4. The molecule has 2 rings (SSSR count). The fourth-order valence-corrected chi connectivity index (χ4v) is 1.41. The van der Waals surface area contributed by atoms with Crippen LogP contribution in [-0.4, -0.2) is 21.2 Å². The van der Waals surface area contributed by atoms with Crippen LogP contribution in [0.25, 0.3) is 0 Å². The van der Waals surface area contributed by atoms with Gasteiger partial charge in [0.1, 0.15) is 6.26 Å². The van der Waals surface area contributed by atoms with E-state index in [1.54, 1.807) is 12.5 Å². The molecule has 0 aliphatic heterocycles. The molecule has 0 amide bonds. The molecule has 0 spiro atoms. The van der Waals surface area contributed by atoms with Crippen molar-refractivity contribution in [2.45, 2.75) is 18.9 Å². The lowest BCUT2D eigenvalue weighted by Gasteiger charge is -2.07. The van der Waals surface area contributed by atoms with E-state index in [0.29, 0.717) is 12.8 Å². The van der Waals surface area contributed by atoms with Crippen LogP contribution in [0.2, 0.25) is 0 Å². The highest BCUT2D eigenvalue weighted by molar-refractivity contribution is 5.05. The van der Waals surface area contributed by atoms with E-state index in [2.05, 4.69) is 9.97 Å². The van der Waals surface area contributed by atoms with Gasteiger partial charge in [-0.1, -0.05) is 6.07 Å². The summed E-state index contributed by atoms with van der Waals surface area (Å²) < 4.78 is 4.83. The lowest BCUT2D eigenvalue weighted by molar-refractivity contribution is 0.173. The van der Waals surface area contributed by atoms with Gasteiger partial charge < -0.3 is 9.52 Å². The van der Waals surface area contributed by atoms with E-state index >= 15 is 0 Å². The molecule has 0 bridgehead atoms. The fraction of sp³-hybridized carbons (Fsp3) is 0.273. The minimum Gasteiger partial charge on any atom is -0.451 e. The second-order valence-electron chi connectivity index (χ2n) is 3.36. The van der Waals surface area contributed by atoms with E-state index in [1.165, 1.54) is 6.39 Å². The first-order valence-electron chi connectivity index (χ1n) is 4.79. The Morgan fingerprint density at radius 1 is 1.20 bits per heavy atom. The van der Waals surface area contributed by atoms with Gasteiger partial charge in [-0.3, -0.25) is 4.98 Å². The molecule has 1 N–H and O–H groups in total. The lowest BCUT2D eigenvalue weighted by Crippen LogP contribution is -2.14. The number of oxazole rings is 1. The van der Waals surface area contributed by atoms with E-state index in [9.17, 15) is 5.11 Å². The summed E-state index contributed by atoms with van der Waals surface area (Å²) in [7, 11) is 0. The molecule has 0 aliphatic rings. The van der Waals surface area contributed by atoms with Crippen molar-refractivity contribution in [3.8, 4) is 0 Å². The zero-order valence-corrected chi connectivity index (χ0v) is 8.21. The Morgan fingerprint density at radius 3 is 2.73 bits per heavy atom. The second-order valence-corrected chi connectivity index (χ2v) is 3.36. The molecule has 0 fully saturated rings. The van der Waals surface area contributed by atoms with Gasteiger partial charge in [0.25, 0.3) is 0 Å². The maximum Gasteiger partial charge on any atom is 0.180 e. The van der Waals surface area contributed by atoms with E-state index in [1.807, 2.05) is 18.2 Å². The second kappa shape index (κ2) is 4.70. The highest BCUT2D eigenvalue weighted by Gasteiger charge is 2.08. The lowest BCUT2D eigenvalue weighted by atomic mass is 10.1. The molecule has 1 unspecified atom stereocenters. The maximum absolute atomic E-state index is 9.75. The molecule has 2 aromatic rings. The molecule has 2 heterocycles. The van der Waals surface area contributed by atoms with Crippen molar-refractivity contribution in [3.05, 3.63) is 48.4 Å². The number of pyridine rings is 1. The Morgan fingerprint density at radius 2 is 2.07 bits per heavy atom. The van der Waals surface area contributed by atoms with Crippen molar-refractivity contribution in [3.63, 3.8) is 0 Å². The first-order chi connectivity index (χ1) is 7.34. The summed E-state index contributed by atoms with van der Waals surface area (Å²) in [5.41, 5.74) is 1.65. The largest absolute Gasteiger partial charge is 0.451 e. The fourth-order valence-electron chi connectivity index (χ4n) is 1.41. The molecule has 0 saturated carbocycles. The van der Waals surface area contributed by atoms with Crippen molar-refractivity contribution in [1.29, 1.82) is 0 Å². The van der Waals surface area contributed by atoms with Crippen LogP contribution in [0.4, 0.5) is 0 Å². The van der Waals surface area contributed by atoms with Gasteiger partial charge in [-0.25, -0.2) is 4.98 Å². The Hall–Kier alpha value is -1.68. The van der Waals surface area contributed by atoms with Crippen molar-refractivity contribution in [2.75, 3.05) is 0 Å². The van der Waals surface area contributed by atoms with Gasteiger partial charge in [-0.05, 0) is 12.1 Å². The van der Waals surface area contributed by atoms with E-state index in [-0.39, 0.29) is 0 Å². The van der Waals surface area contributed by atoms with Gasteiger partial charge in [0.2, 0.25) is 0 Å². The van der Waals surface area contributed by atoms with Gasteiger partial charge in [0, 0.05) is 24.7 Å². The minimum atomic E-state index is -0.468. The number of aliphatic hydroxyl groups excluding tert-OH is 1. The Bertz CT molecular complexity index is 386. The number of aromatic nitrogens is 2. The average molecular weight is 204 g/mol. The van der Waals surface area contributed by atoms with Gasteiger partial charge in [0.05, 0.1) is 11.8 Å². The topological polar surface area (TPSA) is 59.2 Å². The zero-order chi connectivity index (χ0) is 10.5. The predicted molar refractivity (Wildman–Crippen MR) is 54.2 cm³/mol. The summed E-state index contributed by atoms with van der Waals surface area (Å²) in [5, 5.41) is 9.75. The third kappa shape index (κ3) is 2.89. The standard InChI is InChI=1S/C11H12N2O2/c14-11(6-10-7-15-8-13-10)5-9-3-1-2-4-12-9/h1-4,7-8,11,14H,5-6H2. The van der Waals surface area contributed by atoms with Crippen LogP contribution in [-0.2, 0) is 12.8 Å². The van der Waals surface area contributed by atoms with Crippen molar-refractivity contribution in [2.24, 2.45) is 0 Å². The van der Waals surface area contributed by atoms with Crippen LogP contribution < -0.4 is 0 Å². The molecule has 0 aliphatic carbocycles. The molecule has 15 heavy (non-hydrogen) atoms. The Kier molecular flexibility index (Phi) is 3.09. The third-order valence-electron chi connectivity index (χ3n) is 2.10. The van der Waals surface area contributed by atoms with E-state index in [4.69, 9.17) is 4.42 Å². The molecule has 0 aromatic carbocycles. The van der Waals surface area contributed by atoms with Crippen LogP contribution in [0.5, 0.6) is 0 Å². The van der Waals surface area contributed by atoms with Crippen molar-refractivity contribution >= 4 is 0 Å². The smallest absolute Gasteiger partial charge is 0.180 e. The molecule has 2 aromatic heterocycles. The van der Waals surface area contributed by atoms with Crippen molar-refractivity contribution < 1.29 is 9.52 Å². The van der Waals surface area contributed by atoms with Crippen LogP contribution in [0, 0.1) is 0 Å². The Balaban J connectivity index is 1.90. The summed E-state index contributed by atoms with van der Waals surface area (Å²) in [6.45, 7) is 0. The number of rotatable bonds is 4. The molecular weight excluding hydrogens is 192 g/mol. The summed E-state index contributed by atoms with van der Waals surface area (Å²) in [4.78, 5) is 8.09. The average Bonchev–Trinajstić information content (AvgIpc) is 2.71. The SMILES string of the molecule is OC(Cc1ccccn1)Cc1cocn1. The summed E-state index contributed by atoms with van der Waals surface area (Å²) in [5.74, 6) is 0. The highest BCUT2D eigenvalue weighted by Crippen LogP contribution is 2.05. The van der Waals surface area contributed by atoms with Crippen LogP contribution in [0.3, 0.4) is 0 Å². The molecule has 78 valence electrons. The van der Waals surface area contributed by atoms with Gasteiger partial charge in [-0.15, -0.1) is 0 Å². The molecular formula is C11H12N2O2. The number of aliphatic hydroxyl groups is 1. The monoisotopic (exact) mass is 204 g/mol. The quantitative estimate of drug-likeness (QED) is 0.813. The molecule has 0 radical (unpaired) electrons. The molecule has 1 atom stereocenters. The number of hydrogen-bond donors (Lipinski definition) is 1.